The maximum Gasteiger partial charge on any atom is 0.149 e. The molecule has 0 atom stereocenters. The fourth-order valence-electron chi connectivity index (χ4n) is 8.25. The Morgan fingerprint density at radius 3 is 1.51 bits per heavy atom. The Morgan fingerprint density at radius 1 is 0.456 bits per heavy atom. The van der Waals surface area contributed by atoms with Crippen LogP contribution in [0, 0.1) is 0 Å². The van der Waals surface area contributed by atoms with Gasteiger partial charge >= 0.3 is 0 Å². The molecule has 0 amide bonds. The summed E-state index contributed by atoms with van der Waals surface area (Å²) >= 11 is 14.5. The highest BCUT2D eigenvalue weighted by Gasteiger charge is 2.40. The molecule has 4 heteroatoms. The van der Waals surface area contributed by atoms with E-state index in [1.54, 1.807) is 0 Å². The predicted molar refractivity (Wildman–Crippen MR) is 239 cm³/mol. The van der Waals surface area contributed by atoms with E-state index in [-0.39, 0.29) is 5.41 Å². The second kappa shape index (κ2) is 14.8. The van der Waals surface area contributed by atoms with Gasteiger partial charge in [-0.15, -0.1) is 0 Å². The summed E-state index contributed by atoms with van der Waals surface area (Å²) in [4.78, 5) is 2.22. The van der Waals surface area contributed by atoms with Crippen molar-refractivity contribution in [2.45, 2.75) is 31.6 Å². The molecule has 2 nitrogen and oxygen atoms in total. The van der Waals surface area contributed by atoms with Crippen molar-refractivity contribution >= 4 is 40.3 Å². The summed E-state index contributed by atoms with van der Waals surface area (Å²) in [5.74, 6) is 1.12. The van der Waals surface area contributed by atoms with Crippen LogP contribution >= 0.6 is 23.2 Å². The minimum absolute atomic E-state index is 0.0220. The highest BCUT2D eigenvalue weighted by atomic mass is 35.5. The molecule has 1 heterocycles. The first-order valence-electron chi connectivity index (χ1n) is 19.3. The van der Waals surface area contributed by atoms with Gasteiger partial charge in [-0.05, 0) is 110 Å². The van der Waals surface area contributed by atoms with Gasteiger partial charge in [0.15, 0.2) is 0 Å². The van der Waals surface area contributed by atoms with Crippen LogP contribution in [0.3, 0.4) is 0 Å². The maximum absolute atomic E-state index is 7.52. The summed E-state index contributed by atoms with van der Waals surface area (Å²) < 4.78 is 6.93. The minimum Gasteiger partial charge on any atom is -0.456 e. The quantitative estimate of drug-likeness (QED) is 0.173. The molecule has 1 aliphatic rings. The molecule has 278 valence electrons. The molecule has 8 aromatic carbocycles. The van der Waals surface area contributed by atoms with Crippen LogP contribution < -0.4 is 9.64 Å². The van der Waals surface area contributed by atoms with Crippen LogP contribution in [0.4, 0.5) is 17.1 Å². The van der Waals surface area contributed by atoms with Crippen LogP contribution in [-0.2, 0) is 10.8 Å². The standard InChI is InChI=1S/C53H41Cl2NO/c1-52(2,3)40-24-26-46(27-25-40)56-47-30-38(36-16-8-4-9-17-36)28-43(32-47)53(41-20-12-6-13-21-41,42-22-14-7-15-23-42)44-29-39(37-18-10-5-11-19-37)31-48(33-44)57-50-35-45(54)34-49(56)51(50)55/h4-35H,1-3H3. The average molecular weight is 779 g/mol. The van der Waals surface area contributed by atoms with Gasteiger partial charge in [0, 0.05) is 22.5 Å². The van der Waals surface area contributed by atoms with Crippen molar-refractivity contribution in [1.82, 2.24) is 0 Å². The van der Waals surface area contributed by atoms with Crippen LogP contribution in [0.2, 0.25) is 10.0 Å². The number of rotatable bonds is 5. The maximum atomic E-state index is 7.52. The van der Waals surface area contributed by atoms with E-state index in [1.807, 2.05) is 18.2 Å². The first-order valence-corrected chi connectivity index (χ1v) is 20.0. The number of fused-ring (bicyclic) bond motifs is 6. The third-order valence-corrected chi connectivity index (χ3v) is 11.6. The molecular formula is C53H41Cl2NO. The molecule has 1 aliphatic heterocycles. The number of hydrogen-bond acceptors (Lipinski definition) is 2. The zero-order chi connectivity index (χ0) is 39.1. The second-order valence-corrected chi connectivity index (χ2v) is 16.5. The van der Waals surface area contributed by atoms with Crippen molar-refractivity contribution in [3.05, 3.63) is 232 Å². The van der Waals surface area contributed by atoms with Gasteiger partial charge in [-0.2, -0.15) is 0 Å². The Morgan fingerprint density at radius 2 is 0.965 bits per heavy atom. The van der Waals surface area contributed by atoms with Crippen LogP contribution in [0.1, 0.15) is 48.6 Å². The Bertz CT molecular complexity index is 2650. The van der Waals surface area contributed by atoms with E-state index in [9.17, 15) is 0 Å². The van der Waals surface area contributed by atoms with Crippen molar-refractivity contribution in [2.75, 3.05) is 4.90 Å². The lowest BCUT2D eigenvalue weighted by molar-refractivity contribution is 0.481. The monoisotopic (exact) mass is 777 g/mol. The Labute approximate surface area is 345 Å². The number of halogens is 2. The van der Waals surface area contributed by atoms with E-state index in [4.69, 9.17) is 27.9 Å². The molecular weight excluding hydrogens is 737 g/mol. The summed E-state index contributed by atoms with van der Waals surface area (Å²) in [6, 6.07) is 68.7. The molecule has 0 aliphatic carbocycles. The molecule has 6 bridgehead atoms. The van der Waals surface area contributed by atoms with E-state index in [2.05, 4.69) is 202 Å². The van der Waals surface area contributed by atoms with Crippen molar-refractivity contribution < 1.29 is 4.74 Å². The lowest BCUT2D eigenvalue weighted by Gasteiger charge is -2.39. The number of hydrogen-bond donors (Lipinski definition) is 0. The van der Waals surface area contributed by atoms with E-state index in [0.29, 0.717) is 27.2 Å². The van der Waals surface area contributed by atoms with Gasteiger partial charge in [0.25, 0.3) is 0 Å². The van der Waals surface area contributed by atoms with E-state index in [1.165, 1.54) is 5.56 Å². The molecule has 9 rings (SSSR count). The fraction of sp³-hybridized carbons (Fsp3) is 0.0943. The molecule has 0 aromatic heterocycles. The topological polar surface area (TPSA) is 12.5 Å². The Hall–Kier alpha value is -6.06. The van der Waals surface area contributed by atoms with Crippen molar-refractivity contribution in [2.24, 2.45) is 0 Å². The first kappa shape index (κ1) is 36.6. The van der Waals surface area contributed by atoms with Crippen LogP contribution in [0.5, 0.6) is 11.5 Å². The van der Waals surface area contributed by atoms with Gasteiger partial charge < -0.3 is 9.64 Å². The smallest absolute Gasteiger partial charge is 0.149 e. The fourth-order valence-corrected chi connectivity index (χ4v) is 8.69. The molecule has 0 unspecified atom stereocenters. The zero-order valence-corrected chi connectivity index (χ0v) is 33.6. The Kier molecular flexibility index (Phi) is 9.49. The highest BCUT2D eigenvalue weighted by Crippen LogP contribution is 2.53. The van der Waals surface area contributed by atoms with E-state index < -0.39 is 5.41 Å². The van der Waals surface area contributed by atoms with Gasteiger partial charge in [0.2, 0.25) is 0 Å². The van der Waals surface area contributed by atoms with Crippen molar-refractivity contribution in [3.8, 4) is 33.8 Å². The number of nitrogens with zero attached hydrogens (tertiary/aromatic N) is 1. The molecule has 8 aromatic rings. The van der Waals surface area contributed by atoms with Gasteiger partial charge in [-0.3, -0.25) is 0 Å². The predicted octanol–water partition coefficient (Wildman–Crippen LogP) is 15.6. The molecule has 0 N–H and O–H groups in total. The third kappa shape index (κ3) is 6.80. The lowest BCUT2D eigenvalue weighted by atomic mass is 9.64. The molecule has 0 saturated carbocycles. The molecule has 57 heavy (non-hydrogen) atoms. The van der Waals surface area contributed by atoms with Crippen LogP contribution in [0.15, 0.2) is 194 Å². The summed E-state index contributed by atoms with van der Waals surface area (Å²) in [6.45, 7) is 6.70. The zero-order valence-electron chi connectivity index (χ0n) is 32.1. The second-order valence-electron chi connectivity index (χ2n) is 15.7. The van der Waals surface area contributed by atoms with E-state index in [0.717, 1.165) is 55.9 Å². The molecule has 0 saturated heterocycles. The molecule has 0 radical (unpaired) electrons. The van der Waals surface area contributed by atoms with Gasteiger partial charge in [-0.1, -0.05) is 177 Å². The lowest BCUT2D eigenvalue weighted by Crippen LogP contribution is -2.31. The van der Waals surface area contributed by atoms with Gasteiger partial charge in [0.1, 0.15) is 16.5 Å². The van der Waals surface area contributed by atoms with Crippen LogP contribution in [0.25, 0.3) is 22.3 Å². The van der Waals surface area contributed by atoms with E-state index >= 15 is 0 Å². The molecule has 0 fully saturated rings. The van der Waals surface area contributed by atoms with Crippen LogP contribution in [-0.4, -0.2) is 0 Å². The minimum atomic E-state index is -0.804. The number of ether oxygens (including phenoxy) is 1. The highest BCUT2D eigenvalue weighted by molar-refractivity contribution is 6.37. The van der Waals surface area contributed by atoms with Gasteiger partial charge in [0.05, 0.1) is 11.1 Å². The third-order valence-electron chi connectivity index (χ3n) is 11.0. The largest absolute Gasteiger partial charge is 0.456 e. The number of benzene rings is 8. The summed E-state index contributed by atoms with van der Waals surface area (Å²) in [5.41, 5.74) is 11.7. The Balaban J connectivity index is 1.47. The van der Waals surface area contributed by atoms with Crippen molar-refractivity contribution in [1.29, 1.82) is 0 Å². The summed E-state index contributed by atoms with van der Waals surface area (Å²) in [5, 5.41) is 0.968. The van der Waals surface area contributed by atoms with Crippen molar-refractivity contribution in [3.63, 3.8) is 0 Å². The number of anilines is 3. The SMILES string of the molecule is CC(C)(C)c1ccc(N2c3cc(-c4ccccc4)cc(c3)C(c3ccccc3)(c3ccccc3)c3cc(cc(-c4ccccc4)c3)Oc3cc(Cl)cc2c3Cl)cc1. The normalized spacial score (nSPS) is 13.2. The first-order chi connectivity index (χ1) is 27.7. The summed E-state index contributed by atoms with van der Waals surface area (Å²) in [6.07, 6.45) is 0. The average Bonchev–Trinajstić information content (AvgIpc) is 3.24. The van der Waals surface area contributed by atoms with Gasteiger partial charge in [-0.25, -0.2) is 0 Å². The molecule has 0 spiro atoms. The summed E-state index contributed by atoms with van der Waals surface area (Å²) in [7, 11) is 0.